The van der Waals surface area contributed by atoms with Crippen LogP contribution in [0.5, 0.6) is 0 Å². The second-order valence-corrected chi connectivity index (χ2v) is 8.76. The van der Waals surface area contributed by atoms with E-state index in [2.05, 4.69) is 4.90 Å². The maximum atomic E-state index is 14.2. The molecule has 3 aromatic carbocycles. The van der Waals surface area contributed by atoms with Gasteiger partial charge in [0.25, 0.3) is 0 Å². The van der Waals surface area contributed by atoms with E-state index in [-0.39, 0.29) is 17.4 Å². The van der Waals surface area contributed by atoms with Gasteiger partial charge in [-0.05, 0) is 47.9 Å². The number of Topliss-reactive ketones (excluding diaryl/α,β-unsaturated/α-hetero) is 2. The first-order chi connectivity index (χ1) is 15.9. The maximum Gasteiger partial charge on any atom is 0.196 e. The summed E-state index contributed by atoms with van der Waals surface area (Å²) in [6.07, 6.45) is 0. The van der Waals surface area contributed by atoms with E-state index in [0.717, 1.165) is 11.1 Å². The number of nitrogens with zero attached hydrogens (tertiary/aromatic N) is 2. The summed E-state index contributed by atoms with van der Waals surface area (Å²) in [5.41, 5.74) is 1.50. The second-order valence-electron chi connectivity index (χ2n) is 8.76. The highest BCUT2D eigenvalue weighted by Gasteiger charge is 2.58. The molecule has 4 nitrogen and oxygen atoms in total. The predicted molar refractivity (Wildman–Crippen MR) is 121 cm³/mol. The zero-order chi connectivity index (χ0) is 23.2. The summed E-state index contributed by atoms with van der Waals surface area (Å²) in [5, 5.41) is 0. The SMILES string of the molecule is Cc1ccc(F)cc1CN1CCN(C2(c3cccc(F)c3)C(=O)c3ccccc3C2=O)CC1. The van der Waals surface area contributed by atoms with Crippen LogP contribution in [0, 0.1) is 18.6 Å². The summed E-state index contributed by atoms with van der Waals surface area (Å²) < 4.78 is 28.0. The number of piperazine rings is 1. The van der Waals surface area contributed by atoms with Gasteiger partial charge < -0.3 is 0 Å². The summed E-state index contributed by atoms with van der Waals surface area (Å²) >= 11 is 0. The van der Waals surface area contributed by atoms with E-state index in [1.807, 2.05) is 11.8 Å². The average Bonchev–Trinajstić information content (AvgIpc) is 3.05. The minimum Gasteiger partial charge on any atom is -0.297 e. The molecular weight excluding hydrogens is 422 g/mol. The number of rotatable bonds is 4. The third kappa shape index (κ3) is 3.50. The first-order valence-electron chi connectivity index (χ1n) is 11.1. The number of benzene rings is 3. The summed E-state index contributed by atoms with van der Waals surface area (Å²) in [6.45, 7) is 4.66. The average molecular weight is 446 g/mol. The molecule has 0 spiro atoms. The van der Waals surface area contributed by atoms with Gasteiger partial charge in [0.15, 0.2) is 17.1 Å². The van der Waals surface area contributed by atoms with Crippen LogP contribution >= 0.6 is 0 Å². The van der Waals surface area contributed by atoms with Gasteiger partial charge >= 0.3 is 0 Å². The second kappa shape index (κ2) is 8.28. The van der Waals surface area contributed by atoms with Gasteiger partial charge in [-0.15, -0.1) is 0 Å². The Morgan fingerprint density at radius 2 is 1.42 bits per heavy atom. The van der Waals surface area contributed by atoms with Gasteiger partial charge in [-0.1, -0.05) is 42.5 Å². The topological polar surface area (TPSA) is 40.6 Å². The van der Waals surface area contributed by atoms with Crippen LogP contribution in [0.3, 0.4) is 0 Å². The Labute approximate surface area is 191 Å². The Bertz CT molecular complexity index is 1210. The largest absolute Gasteiger partial charge is 0.297 e. The van der Waals surface area contributed by atoms with Crippen LogP contribution in [0.15, 0.2) is 66.7 Å². The van der Waals surface area contributed by atoms with Crippen molar-refractivity contribution >= 4 is 11.6 Å². The first kappa shape index (κ1) is 21.6. The van der Waals surface area contributed by atoms with Crippen molar-refractivity contribution in [3.8, 4) is 0 Å². The van der Waals surface area contributed by atoms with E-state index in [1.54, 1.807) is 48.5 Å². The monoisotopic (exact) mass is 446 g/mol. The van der Waals surface area contributed by atoms with Crippen molar-refractivity contribution in [2.45, 2.75) is 19.0 Å². The Morgan fingerprint density at radius 3 is 2.06 bits per heavy atom. The zero-order valence-corrected chi connectivity index (χ0v) is 18.4. The molecule has 168 valence electrons. The number of carbonyl (C=O) groups excluding carboxylic acids is 2. The van der Waals surface area contributed by atoms with Gasteiger partial charge in [-0.25, -0.2) is 8.78 Å². The number of hydrogen-bond donors (Lipinski definition) is 0. The van der Waals surface area contributed by atoms with Gasteiger partial charge in [-0.2, -0.15) is 0 Å². The third-order valence-corrected chi connectivity index (χ3v) is 6.87. The summed E-state index contributed by atoms with van der Waals surface area (Å²) in [4.78, 5) is 31.6. The number of aryl methyl sites for hydroxylation is 1. The highest BCUT2D eigenvalue weighted by atomic mass is 19.1. The fourth-order valence-corrected chi connectivity index (χ4v) is 5.11. The van der Waals surface area contributed by atoms with E-state index in [0.29, 0.717) is 49.4 Å². The molecule has 0 atom stereocenters. The van der Waals surface area contributed by atoms with Crippen LogP contribution in [-0.2, 0) is 12.1 Å². The molecule has 1 aliphatic carbocycles. The lowest BCUT2D eigenvalue weighted by atomic mass is 9.82. The molecule has 0 radical (unpaired) electrons. The molecule has 0 N–H and O–H groups in total. The Morgan fingerprint density at radius 1 is 0.788 bits per heavy atom. The van der Waals surface area contributed by atoms with Gasteiger partial charge in [-0.3, -0.25) is 19.4 Å². The predicted octanol–water partition coefficient (Wildman–Crippen LogP) is 4.37. The molecule has 1 heterocycles. The fraction of sp³-hybridized carbons (Fsp3) is 0.259. The number of hydrogen-bond acceptors (Lipinski definition) is 4. The van der Waals surface area contributed by atoms with Crippen molar-refractivity contribution in [1.82, 2.24) is 9.80 Å². The molecule has 1 saturated heterocycles. The van der Waals surface area contributed by atoms with E-state index in [9.17, 15) is 18.4 Å². The van der Waals surface area contributed by atoms with Crippen molar-refractivity contribution in [2.75, 3.05) is 26.2 Å². The first-order valence-corrected chi connectivity index (χ1v) is 11.1. The standard InChI is InChI=1S/C27H24F2N2O2/c1-18-9-10-22(29)15-19(18)17-30-11-13-31(14-12-30)27(20-5-4-6-21(28)16-20)25(32)23-7-2-3-8-24(23)26(27)33/h2-10,15-16H,11-14,17H2,1H3. The van der Waals surface area contributed by atoms with Crippen LogP contribution in [0.1, 0.15) is 37.4 Å². The zero-order valence-electron chi connectivity index (χ0n) is 18.4. The number of carbonyl (C=O) groups is 2. The number of fused-ring (bicyclic) bond motifs is 1. The quantitative estimate of drug-likeness (QED) is 0.559. The molecule has 0 aromatic heterocycles. The smallest absolute Gasteiger partial charge is 0.196 e. The molecule has 5 rings (SSSR count). The molecule has 2 aliphatic rings. The molecule has 1 fully saturated rings. The molecule has 1 aliphatic heterocycles. The van der Waals surface area contributed by atoms with Crippen molar-refractivity contribution in [1.29, 1.82) is 0 Å². The molecule has 0 amide bonds. The van der Waals surface area contributed by atoms with Crippen LogP contribution in [0.25, 0.3) is 0 Å². The van der Waals surface area contributed by atoms with Crippen LogP contribution < -0.4 is 0 Å². The van der Waals surface area contributed by atoms with Crippen molar-refractivity contribution in [3.05, 3.63) is 106 Å². The van der Waals surface area contributed by atoms with Crippen LogP contribution in [0.4, 0.5) is 8.78 Å². The molecule has 0 unspecified atom stereocenters. The van der Waals surface area contributed by atoms with Crippen molar-refractivity contribution in [2.24, 2.45) is 0 Å². The van der Waals surface area contributed by atoms with E-state index >= 15 is 0 Å². The van der Waals surface area contributed by atoms with Crippen molar-refractivity contribution in [3.63, 3.8) is 0 Å². The molecule has 3 aromatic rings. The van der Waals surface area contributed by atoms with E-state index in [4.69, 9.17) is 0 Å². The number of ketones is 2. The number of halogens is 2. The minimum atomic E-state index is -1.56. The lowest BCUT2D eigenvalue weighted by Gasteiger charge is -2.44. The van der Waals surface area contributed by atoms with E-state index < -0.39 is 11.4 Å². The van der Waals surface area contributed by atoms with Gasteiger partial charge in [0.2, 0.25) is 0 Å². The van der Waals surface area contributed by atoms with Gasteiger partial charge in [0.1, 0.15) is 11.6 Å². The fourth-order valence-electron chi connectivity index (χ4n) is 5.11. The third-order valence-electron chi connectivity index (χ3n) is 6.87. The Kier molecular flexibility index (Phi) is 5.43. The normalized spacial score (nSPS) is 18.5. The Hall–Kier alpha value is -3.22. The molecule has 6 heteroatoms. The molecule has 0 bridgehead atoms. The maximum absolute atomic E-state index is 14.2. The van der Waals surface area contributed by atoms with E-state index in [1.165, 1.54) is 18.2 Å². The molecule has 0 saturated carbocycles. The summed E-state index contributed by atoms with van der Waals surface area (Å²) in [5.74, 6) is -1.35. The van der Waals surface area contributed by atoms with Crippen LogP contribution in [-0.4, -0.2) is 47.5 Å². The molecule has 33 heavy (non-hydrogen) atoms. The lowest BCUT2D eigenvalue weighted by Crippen LogP contribution is -2.60. The summed E-state index contributed by atoms with van der Waals surface area (Å²) in [6, 6.07) is 17.4. The highest BCUT2D eigenvalue weighted by molar-refractivity contribution is 6.32. The van der Waals surface area contributed by atoms with Gasteiger partial charge in [0.05, 0.1) is 0 Å². The minimum absolute atomic E-state index is 0.265. The highest BCUT2D eigenvalue weighted by Crippen LogP contribution is 2.43. The van der Waals surface area contributed by atoms with Crippen LogP contribution in [0.2, 0.25) is 0 Å². The lowest BCUT2D eigenvalue weighted by molar-refractivity contribution is 0.0278. The van der Waals surface area contributed by atoms with Gasteiger partial charge in [0, 0.05) is 43.9 Å². The van der Waals surface area contributed by atoms with Crippen molar-refractivity contribution < 1.29 is 18.4 Å². The summed E-state index contributed by atoms with van der Waals surface area (Å²) in [7, 11) is 0. The molecular formula is C27H24F2N2O2. The Balaban J connectivity index is 1.47.